The number of amides is 3. The molecule has 1 aliphatic heterocycles. The first-order valence-electron chi connectivity index (χ1n) is 9.63. The van der Waals surface area contributed by atoms with Gasteiger partial charge in [0.05, 0.1) is 17.5 Å². The van der Waals surface area contributed by atoms with E-state index >= 15 is 0 Å². The summed E-state index contributed by atoms with van der Waals surface area (Å²) in [5, 5.41) is 4.04. The van der Waals surface area contributed by atoms with Crippen LogP contribution in [0.2, 0.25) is 5.02 Å². The highest BCUT2D eigenvalue weighted by Gasteiger charge is 2.46. The highest BCUT2D eigenvalue weighted by atomic mass is 35.5. The summed E-state index contributed by atoms with van der Waals surface area (Å²) in [6.45, 7) is 0. The number of hydrogen-bond donors (Lipinski definition) is 2. The van der Waals surface area contributed by atoms with Crippen molar-refractivity contribution in [2.75, 3.05) is 5.32 Å². The molecule has 4 rings (SSSR count). The predicted molar refractivity (Wildman–Crippen MR) is 114 cm³/mol. The number of urea groups is 1. The first-order valence-corrected chi connectivity index (χ1v) is 10.0. The second kappa shape index (κ2) is 8.55. The van der Waals surface area contributed by atoms with Crippen molar-refractivity contribution in [3.8, 4) is 0 Å². The molecule has 1 saturated heterocycles. The van der Waals surface area contributed by atoms with Crippen molar-refractivity contribution in [1.82, 2.24) is 10.4 Å². The molecule has 9 heteroatoms. The molecular weight excluding hydrogens is 443 g/mol. The third-order valence-electron chi connectivity index (χ3n) is 5.17. The molecule has 3 amide bonds. The van der Waals surface area contributed by atoms with Gasteiger partial charge >= 0.3 is 12.2 Å². The quantitative estimate of drug-likeness (QED) is 0.523. The Kier molecular flexibility index (Phi) is 5.80. The molecule has 1 fully saturated rings. The van der Waals surface area contributed by atoms with Crippen LogP contribution in [0.15, 0.2) is 78.9 Å². The lowest BCUT2D eigenvalue weighted by molar-refractivity contribution is -0.137. The van der Waals surface area contributed by atoms with Crippen molar-refractivity contribution < 1.29 is 22.8 Å². The number of anilines is 1. The molecule has 5 nitrogen and oxygen atoms in total. The van der Waals surface area contributed by atoms with Crippen molar-refractivity contribution in [2.24, 2.45) is 0 Å². The van der Waals surface area contributed by atoms with Gasteiger partial charge in [0, 0.05) is 10.7 Å². The highest BCUT2D eigenvalue weighted by Crippen LogP contribution is 2.42. The minimum atomic E-state index is -4.48. The van der Waals surface area contributed by atoms with Crippen LogP contribution in [0.4, 0.5) is 23.7 Å². The summed E-state index contributed by atoms with van der Waals surface area (Å²) in [4.78, 5) is 25.9. The van der Waals surface area contributed by atoms with Gasteiger partial charge in [-0.05, 0) is 41.5 Å². The molecule has 1 aliphatic rings. The van der Waals surface area contributed by atoms with Crippen molar-refractivity contribution in [3.63, 3.8) is 0 Å². The molecule has 164 valence electrons. The molecule has 3 aromatic carbocycles. The van der Waals surface area contributed by atoms with Gasteiger partial charge in [-0.1, -0.05) is 60.1 Å². The Morgan fingerprint density at radius 1 is 0.938 bits per heavy atom. The van der Waals surface area contributed by atoms with Crippen LogP contribution in [-0.2, 0) is 11.0 Å². The molecule has 2 N–H and O–H groups in total. The number of hydrazine groups is 1. The fourth-order valence-electron chi connectivity index (χ4n) is 3.68. The Labute approximate surface area is 186 Å². The van der Waals surface area contributed by atoms with Gasteiger partial charge in [0.2, 0.25) is 5.91 Å². The van der Waals surface area contributed by atoms with Crippen molar-refractivity contribution in [1.29, 1.82) is 0 Å². The highest BCUT2D eigenvalue weighted by molar-refractivity contribution is 6.31. The van der Waals surface area contributed by atoms with Crippen LogP contribution >= 0.6 is 11.6 Å². The third-order valence-corrected chi connectivity index (χ3v) is 5.52. The molecule has 3 aromatic rings. The zero-order chi connectivity index (χ0) is 22.9. The van der Waals surface area contributed by atoms with E-state index in [2.05, 4.69) is 10.7 Å². The molecule has 0 unspecified atom stereocenters. The van der Waals surface area contributed by atoms with E-state index in [4.69, 9.17) is 11.6 Å². The van der Waals surface area contributed by atoms with Crippen molar-refractivity contribution in [2.45, 2.75) is 18.1 Å². The predicted octanol–water partition coefficient (Wildman–Crippen LogP) is 5.76. The Morgan fingerprint density at radius 3 is 2.19 bits per heavy atom. The molecule has 0 saturated carbocycles. The number of halogens is 4. The Balaban J connectivity index is 1.66. The van der Waals surface area contributed by atoms with Crippen molar-refractivity contribution >= 4 is 29.2 Å². The smallest absolute Gasteiger partial charge is 0.306 e. The van der Waals surface area contributed by atoms with E-state index in [1.807, 2.05) is 6.07 Å². The van der Waals surface area contributed by atoms with Gasteiger partial charge < -0.3 is 5.32 Å². The fourth-order valence-corrected chi connectivity index (χ4v) is 3.93. The minimum absolute atomic E-state index is 0.151. The summed E-state index contributed by atoms with van der Waals surface area (Å²) in [5.74, 6) is -1.13. The molecule has 0 aliphatic carbocycles. The van der Waals surface area contributed by atoms with E-state index in [1.54, 1.807) is 48.5 Å². The Morgan fingerprint density at radius 2 is 1.56 bits per heavy atom. The van der Waals surface area contributed by atoms with E-state index < -0.39 is 35.6 Å². The normalized spacial score (nSPS) is 18.4. The number of alkyl halides is 3. The van der Waals surface area contributed by atoms with Crippen LogP contribution in [0.25, 0.3) is 0 Å². The second-order valence-corrected chi connectivity index (χ2v) is 7.61. The van der Waals surface area contributed by atoms with E-state index in [-0.39, 0.29) is 5.69 Å². The minimum Gasteiger partial charge on any atom is -0.306 e. The number of carbonyl (C=O) groups is 2. The molecule has 32 heavy (non-hydrogen) atoms. The largest absolute Gasteiger partial charge is 0.416 e. The first kappa shape index (κ1) is 21.7. The van der Waals surface area contributed by atoms with Crippen molar-refractivity contribution in [3.05, 3.63) is 101 Å². The second-order valence-electron chi connectivity index (χ2n) is 7.21. The lowest BCUT2D eigenvalue weighted by atomic mass is 9.87. The van der Waals surface area contributed by atoms with E-state index in [0.29, 0.717) is 16.1 Å². The molecule has 0 radical (unpaired) electrons. The number of nitrogens with zero attached hydrogens (tertiary/aromatic N) is 1. The summed E-state index contributed by atoms with van der Waals surface area (Å²) < 4.78 is 38.4. The van der Waals surface area contributed by atoms with Crippen LogP contribution < -0.4 is 10.7 Å². The Bertz CT molecular complexity index is 1140. The number of rotatable bonds is 3. The summed E-state index contributed by atoms with van der Waals surface area (Å²) in [6.07, 6.45) is -4.48. The summed E-state index contributed by atoms with van der Waals surface area (Å²) >= 11 is 6.39. The maximum Gasteiger partial charge on any atom is 0.416 e. The topological polar surface area (TPSA) is 61.4 Å². The van der Waals surface area contributed by atoms with Crippen LogP contribution in [-0.4, -0.2) is 16.9 Å². The fraction of sp³-hybridized carbons (Fsp3) is 0.130. The maximum absolute atomic E-state index is 13.0. The molecule has 0 spiro atoms. The van der Waals surface area contributed by atoms with Gasteiger partial charge in [-0.2, -0.15) is 13.2 Å². The lowest BCUT2D eigenvalue weighted by Gasteiger charge is -2.27. The average molecular weight is 460 g/mol. The SMILES string of the molecule is O=C1NN(C(=O)Nc2ccc(C(F)(F)F)cc2)[C@H](c2ccccc2Cl)[C@H]1c1ccccc1. The zero-order valence-electron chi connectivity index (χ0n) is 16.4. The van der Waals surface area contributed by atoms with Gasteiger partial charge in [0.25, 0.3) is 0 Å². The number of carbonyl (C=O) groups excluding carboxylic acids is 2. The molecular formula is C23H17ClF3N3O2. The van der Waals surface area contributed by atoms with E-state index in [9.17, 15) is 22.8 Å². The first-order chi connectivity index (χ1) is 15.3. The van der Waals surface area contributed by atoms with E-state index in [1.165, 1.54) is 0 Å². The van der Waals surface area contributed by atoms with Crippen LogP contribution in [0.1, 0.15) is 28.7 Å². The number of nitrogens with one attached hydrogen (secondary N) is 2. The summed E-state index contributed by atoms with van der Waals surface area (Å²) in [5.41, 5.74) is 3.15. The molecule has 0 bridgehead atoms. The Hall–Kier alpha value is -3.52. The van der Waals surface area contributed by atoms with E-state index in [0.717, 1.165) is 29.3 Å². The van der Waals surface area contributed by atoms with Crippen LogP contribution in [0.3, 0.4) is 0 Å². The average Bonchev–Trinajstić information content (AvgIpc) is 3.11. The summed E-state index contributed by atoms with van der Waals surface area (Å²) in [7, 11) is 0. The molecule has 0 aromatic heterocycles. The lowest BCUT2D eigenvalue weighted by Crippen LogP contribution is -2.42. The van der Waals surface area contributed by atoms with Gasteiger partial charge in [0.15, 0.2) is 0 Å². The number of benzene rings is 3. The molecule has 1 heterocycles. The van der Waals surface area contributed by atoms with Gasteiger partial charge in [0.1, 0.15) is 0 Å². The molecule has 2 atom stereocenters. The van der Waals surface area contributed by atoms with Gasteiger partial charge in [-0.25, -0.2) is 9.80 Å². The summed E-state index contributed by atoms with van der Waals surface area (Å²) in [6, 6.07) is 18.4. The standard InChI is InChI=1S/C23H17ClF3N3O2/c24-18-9-5-4-8-17(18)20-19(14-6-2-1-3-7-14)21(31)29-30(20)22(32)28-16-12-10-15(11-13-16)23(25,26)27/h1-13,19-20H,(H,28,32)(H,29,31)/t19-,20-/m1/s1. The van der Waals surface area contributed by atoms with Gasteiger partial charge in [-0.3, -0.25) is 10.2 Å². The van der Waals surface area contributed by atoms with Gasteiger partial charge in [-0.15, -0.1) is 0 Å². The monoisotopic (exact) mass is 459 g/mol. The zero-order valence-corrected chi connectivity index (χ0v) is 17.2. The number of hydrogen-bond acceptors (Lipinski definition) is 2. The maximum atomic E-state index is 13.0. The van der Waals surface area contributed by atoms with Crippen LogP contribution in [0.5, 0.6) is 0 Å². The third kappa shape index (κ3) is 4.27. The van der Waals surface area contributed by atoms with Crippen LogP contribution in [0, 0.1) is 0 Å².